The van der Waals surface area contributed by atoms with Crippen LogP contribution in [0.25, 0.3) is 4.72 Å². The number of alkyl halides is 3. The molecule has 112 valence electrons. The lowest BCUT2D eigenvalue weighted by atomic mass is 10.2. The molecule has 1 rings (SSSR count). The predicted molar refractivity (Wildman–Crippen MR) is 72.6 cm³/mol. The molecule has 0 aliphatic carbocycles. The summed E-state index contributed by atoms with van der Waals surface area (Å²) >= 11 is 1.97. The molecule has 0 aliphatic heterocycles. The summed E-state index contributed by atoms with van der Waals surface area (Å²) in [6, 6.07) is 6.33. The van der Waals surface area contributed by atoms with Gasteiger partial charge < -0.3 is 9.46 Å². The molecule has 10 heteroatoms. The average Bonchev–Trinajstić information content (AvgIpc) is 2.33. The van der Waals surface area contributed by atoms with Gasteiger partial charge in [-0.3, -0.25) is 0 Å². The van der Waals surface area contributed by atoms with Crippen LogP contribution in [0.5, 0.6) is 0 Å². The van der Waals surface area contributed by atoms with Gasteiger partial charge in [-0.15, -0.1) is 6.54 Å². The number of benzene rings is 1. The molecule has 0 spiro atoms. The summed E-state index contributed by atoms with van der Waals surface area (Å²) in [5.74, 6) is -0.761. The Morgan fingerprint density at radius 2 is 2.00 bits per heavy atom. The minimum atomic E-state index is -5.53. The van der Waals surface area contributed by atoms with Crippen LogP contribution in [0.2, 0.25) is 0 Å². The normalized spacial score (nSPS) is 12.2. The number of sulfonamides is 1. The minimum Gasteiger partial charge on any atom is -0.538 e. The number of ether oxygens (including phenoxy) is 1. The van der Waals surface area contributed by atoms with E-state index >= 15 is 0 Å². The van der Waals surface area contributed by atoms with Crippen molar-refractivity contribution in [2.75, 3.05) is 13.2 Å². The Labute approximate surface area is 126 Å². The number of carbonyl (C=O) groups excluding carboxylic acids is 1. The first kappa shape index (κ1) is 17.2. The van der Waals surface area contributed by atoms with Crippen LogP contribution in [0, 0.1) is 3.57 Å². The van der Waals surface area contributed by atoms with Crippen molar-refractivity contribution in [3.8, 4) is 0 Å². The van der Waals surface area contributed by atoms with Crippen molar-refractivity contribution in [1.29, 1.82) is 0 Å². The molecular weight excluding hydrogens is 414 g/mol. The molecule has 0 aromatic heterocycles. The van der Waals surface area contributed by atoms with Crippen LogP contribution in [0.1, 0.15) is 10.4 Å². The summed E-state index contributed by atoms with van der Waals surface area (Å²) in [5.41, 5.74) is -5.22. The van der Waals surface area contributed by atoms with E-state index in [1.807, 2.05) is 22.6 Å². The van der Waals surface area contributed by atoms with Gasteiger partial charge in [0.15, 0.2) is 10.0 Å². The molecule has 5 nitrogen and oxygen atoms in total. The van der Waals surface area contributed by atoms with Crippen molar-refractivity contribution in [2.24, 2.45) is 0 Å². The minimum absolute atomic E-state index is 0.218. The summed E-state index contributed by atoms with van der Waals surface area (Å²) in [4.78, 5) is 11.5. The number of hydrogen-bond acceptors (Lipinski definition) is 4. The van der Waals surface area contributed by atoms with Crippen molar-refractivity contribution in [3.05, 3.63) is 38.1 Å². The quantitative estimate of drug-likeness (QED) is 0.416. The number of esters is 1. The van der Waals surface area contributed by atoms with Gasteiger partial charge in [0.2, 0.25) is 0 Å². The number of halogens is 4. The summed E-state index contributed by atoms with van der Waals surface area (Å²) in [7, 11) is -5.53. The van der Waals surface area contributed by atoms with Gasteiger partial charge in [0.25, 0.3) is 0 Å². The SMILES string of the molecule is O=C(OCC[N-]S(=O)(=O)C(F)(F)F)c1cccc(I)c1. The molecule has 0 atom stereocenters. The molecule has 0 aliphatic rings. The van der Waals surface area contributed by atoms with E-state index in [9.17, 15) is 26.4 Å². The zero-order valence-electron chi connectivity index (χ0n) is 9.72. The highest BCUT2D eigenvalue weighted by Crippen LogP contribution is 2.27. The molecule has 0 heterocycles. The second-order valence-electron chi connectivity index (χ2n) is 3.42. The van der Waals surface area contributed by atoms with Crippen molar-refractivity contribution >= 4 is 38.6 Å². The van der Waals surface area contributed by atoms with Crippen LogP contribution < -0.4 is 0 Å². The molecule has 0 N–H and O–H groups in total. The lowest BCUT2D eigenvalue weighted by Crippen LogP contribution is -2.23. The molecule has 0 fully saturated rings. The summed E-state index contributed by atoms with van der Waals surface area (Å²) in [5, 5.41) is 0. The Kier molecular flexibility index (Phi) is 5.77. The first-order valence-electron chi connectivity index (χ1n) is 5.06. The first-order chi connectivity index (χ1) is 9.13. The van der Waals surface area contributed by atoms with Gasteiger partial charge in [-0.2, -0.15) is 13.2 Å². The predicted octanol–water partition coefficient (Wildman–Crippen LogP) is 2.67. The van der Waals surface area contributed by atoms with E-state index < -0.39 is 34.7 Å². The average molecular weight is 422 g/mol. The highest BCUT2D eigenvalue weighted by atomic mass is 127. The summed E-state index contributed by atoms with van der Waals surface area (Å²) in [6.07, 6.45) is 0. The van der Waals surface area contributed by atoms with E-state index in [0.717, 1.165) is 3.57 Å². The topological polar surface area (TPSA) is 74.5 Å². The molecule has 0 bridgehead atoms. The van der Waals surface area contributed by atoms with Gasteiger partial charge in [-0.25, -0.2) is 13.2 Å². The third-order valence-corrected chi connectivity index (χ3v) is 3.72. The number of nitrogens with zero attached hydrogens (tertiary/aromatic N) is 1. The largest absolute Gasteiger partial charge is 0.538 e. The Balaban J connectivity index is 2.45. The van der Waals surface area contributed by atoms with Crippen LogP contribution in [0.15, 0.2) is 24.3 Å². The van der Waals surface area contributed by atoms with E-state index in [4.69, 9.17) is 0 Å². The van der Waals surface area contributed by atoms with Gasteiger partial charge >= 0.3 is 11.5 Å². The van der Waals surface area contributed by atoms with E-state index in [1.165, 1.54) is 12.1 Å². The van der Waals surface area contributed by atoms with Gasteiger partial charge in [0.05, 0.1) is 12.2 Å². The third-order valence-electron chi connectivity index (χ3n) is 1.94. The smallest absolute Gasteiger partial charge is 0.480 e. The van der Waals surface area contributed by atoms with Crippen LogP contribution in [0.3, 0.4) is 0 Å². The summed E-state index contributed by atoms with van der Waals surface area (Å²) in [6.45, 7) is -1.34. The molecule has 0 amide bonds. The van der Waals surface area contributed by atoms with Crippen LogP contribution in [-0.2, 0) is 14.8 Å². The number of hydrogen-bond donors (Lipinski definition) is 0. The molecule has 0 radical (unpaired) electrons. The summed E-state index contributed by atoms with van der Waals surface area (Å²) < 4.78 is 64.9. The molecular formula is C10H8F3INO4S-. The van der Waals surface area contributed by atoms with E-state index in [-0.39, 0.29) is 5.56 Å². The fourth-order valence-corrected chi connectivity index (χ4v) is 2.07. The molecule has 0 unspecified atom stereocenters. The lowest BCUT2D eigenvalue weighted by molar-refractivity contribution is -0.0427. The number of carbonyl (C=O) groups is 1. The highest BCUT2D eigenvalue weighted by molar-refractivity contribution is 14.1. The maximum absolute atomic E-state index is 11.9. The van der Waals surface area contributed by atoms with E-state index in [0.29, 0.717) is 0 Å². The fraction of sp³-hybridized carbons (Fsp3) is 0.300. The molecule has 0 saturated carbocycles. The second-order valence-corrected chi connectivity index (χ2v) is 6.34. The van der Waals surface area contributed by atoms with Crippen molar-refractivity contribution < 1.29 is 31.1 Å². The van der Waals surface area contributed by atoms with E-state index in [2.05, 4.69) is 9.46 Å². The Bertz CT molecular complexity index is 588. The van der Waals surface area contributed by atoms with Gasteiger partial charge in [0, 0.05) is 3.57 Å². The molecule has 20 heavy (non-hydrogen) atoms. The zero-order chi connectivity index (χ0) is 15.4. The third kappa shape index (κ3) is 4.90. The standard InChI is InChI=1S/C10H8F3INO4S/c11-10(12,13)20(17,18)15-4-5-19-9(16)7-2-1-3-8(14)6-7/h1-3,6H,4-5H2/q-1. The van der Waals surface area contributed by atoms with Crippen molar-refractivity contribution in [1.82, 2.24) is 0 Å². The van der Waals surface area contributed by atoms with Crippen LogP contribution >= 0.6 is 22.6 Å². The second kappa shape index (κ2) is 6.72. The van der Waals surface area contributed by atoms with E-state index in [1.54, 1.807) is 12.1 Å². The van der Waals surface area contributed by atoms with Crippen molar-refractivity contribution in [2.45, 2.75) is 5.51 Å². The van der Waals surface area contributed by atoms with Crippen LogP contribution in [0.4, 0.5) is 13.2 Å². The highest BCUT2D eigenvalue weighted by Gasteiger charge is 2.38. The first-order valence-corrected chi connectivity index (χ1v) is 7.58. The van der Waals surface area contributed by atoms with Gasteiger partial charge in [0.1, 0.15) is 0 Å². The number of rotatable bonds is 5. The van der Waals surface area contributed by atoms with Crippen LogP contribution in [-0.4, -0.2) is 33.0 Å². The van der Waals surface area contributed by atoms with Gasteiger partial charge in [-0.05, 0) is 40.8 Å². The molecule has 1 aromatic carbocycles. The maximum atomic E-state index is 11.9. The Hall–Kier alpha value is -0.880. The Morgan fingerprint density at radius 1 is 1.35 bits per heavy atom. The zero-order valence-corrected chi connectivity index (χ0v) is 12.7. The Morgan fingerprint density at radius 3 is 2.55 bits per heavy atom. The monoisotopic (exact) mass is 422 g/mol. The maximum Gasteiger partial charge on any atom is 0.480 e. The van der Waals surface area contributed by atoms with Crippen molar-refractivity contribution in [3.63, 3.8) is 0 Å². The fourth-order valence-electron chi connectivity index (χ4n) is 1.07. The molecule has 0 saturated heterocycles. The lowest BCUT2D eigenvalue weighted by Gasteiger charge is -2.21. The molecule has 1 aromatic rings. The van der Waals surface area contributed by atoms with Gasteiger partial charge in [-0.1, -0.05) is 6.07 Å².